The quantitative estimate of drug-likeness (QED) is 0.686. The summed E-state index contributed by atoms with van der Waals surface area (Å²) in [4.78, 5) is 27.7. The summed E-state index contributed by atoms with van der Waals surface area (Å²) >= 11 is 0. The zero-order valence-electron chi connectivity index (χ0n) is 14.6. The van der Waals surface area contributed by atoms with Gasteiger partial charge in [-0.15, -0.1) is 0 Å². The van der Waals surface area contributed by atoms with Crippen LogP contribution in [0.1, 0.15) is 19.8 Å². The smallest absolute Gasteiger partial charge is 0.407 e. The fourth-order valence-electron chi connectivity index (χ4n) is 3.18. The fraction of sp³-hybridized carbons (Fsp3) is 0.875. The summed E-state index contributed by atoms with van der Waals surface area (Å²) < 4.78 is 10.1. The molecule has 2 aliphatic heterocycles. The molecule has 0 radical (unpaired) electrons. The van der Waals surface area contributed by atoms with Gasteiger partial charge in [0.2, 0.25) is 0 Å². The molecule has 3 amide bonds. The summed E-state index contributed by atoms with van der Waals surface area (Å²) in [5.74, 6) is 0.528. The molecular weight excluding hydrogens is 312 g/mol. The van der Waals surface area contributed by atoms with Crippen LogP contribution in [0.5, 0.6) is 0 Å². The van der Waals surface area contributed by atoms with Crippen molar-refractivity contribution >= 4 is 12.1 Å². The van der Waals surface area contributed by atoms with E-state index in [-0.39, 0.29) is 6.03 Å². The Balaban J connectivity index is 1.63. The third kappa shape index (κ3) is 6.52. The van der Waals surface area contributed by atoms with Gasteiger partial charge in [-0.25, -0.2) is 9.59 Å². The second kappa shape index (κ2) is 10.4. The highest BCUT2D eigenvalue weighted by atomic mass is 16.5. The van der Waals surface area contributed by atoms with Gasteiger partial charge in [0.1, 0.15) is 0 Å². The van der Waals surface area contributed by atoms with Crippen LogP contribution in [0, 0.1) is 5.92 Å². The van der Waals surface area contributed by atoms with Crippen molar-refractivity contribution in [3.63, 3.8) is 0 Å². The van der Waals surface area contributed by atoms with E-state index in [9.17, 15) is 9.59 Å². The molecular formula is C16H30N4O4. The van der Waals surface area contributed by atoms with Gasteiger partial charge in [-0.2, -0.15) is 0 Å². The lowest BCUT2D eigenvalue weighted by Gasteiger charge is -2.36. The molecule has 24 heavy (non-hydrogen) atoms. The Labute approximate surface area is 143 Å². The molecule has 2 saturated heterocycles. The molecule has 0 aliphatic carbocycles. The Bertz CT molecular complexity index is 402. The third-order valence-corrected chi connectivity index (χ3v) is 4.37. The number of hydrogen-bond donors (Lipinski definition) is 2. The number of carbonyl (C=O) groups excluding carboxylic acids is 2. The lowest BCUT2D eigenvalue weighted by atomic mass is 9.97. The van der Waals surface area contributed by atoms with Crippen molar-refractivity contribution in [2.45, 2.75) is 19.8 Å². The molecule has 1 atom stereocenters. The van der Waals surface area contributed by atoms with Gasteiger partial charge >= 0.3 is 12.1 Å². The summed E-state index contributed by atoms with van der Waals surface area (Å²) in [5.41, 5.74) is 0. The molecule has 2 heterocycles. The molecule has 138 valence electrons. The van der Waals surface area contributed by atoms with Crippen molar-refractivity contribution in [2.75, 3.05) is 65.6 Å². The topological polar surface area (TPSA) is 83.1 Å². The number of hydrogen-bond acceptors (Lipinski definition) is 5. The van der Waals surface area contributed by atoms with Crippen molar-refractivity contribution in [3.8, 4) is 0 Å². The number of rotatable bonds is 6. The predicted octanol–water partition coefficient (Wildman–Crippen LogP) is 0.486. The standard InChI is InChI=1S/C16H30N4O4/c1-2-24-16(22)18-6-5-17-15(21)20-7-3-4-14(13-20)12-19-8-10-23-11-9-19/h14H,2-13H2,1H3,(H,17,21)(H,18,22). The molecule has 0 aromatic heterocycles. The van der Waals surface area contributed by atoms with Gasteiger partial charge in [-0.3, -0.25) is 4.90 Å². The second-order valence-corrected chi connectivity index (χ2v) is 6.25. The second-order valence-electron chi connectivity index (χ2n) is 6.25. The number of nitrogens with zero attached hydrogens (tertiary/aromatic N) is 2. The zero-order valence-corrected chi connectivity index (χ0v) is 14.6. The van der Waals surface area contributed by atoms with Crippen molar-refractivity contribution in [2.24, 2.45) is 5.92 Å². The summed E-state index contributed by atoms with van der Waals surface area (Å²) in [6.07, 6.45) is 1.77. The number of alkyl carbamates (subject to hydrolysis) is 1. The third-order valence-electron chi connectivity index (χ3n) is 4.37. The van der Waals surface area contributed by atoms with E-state index in [0.717, 1.165) is 52.4 Å². The molecule has 8 heteroatoms. The van der Waals surface area contributed by atoms with E-state index < -0.39 is 6.09 Å². The van der Waals surface area contributed by atoms with Crippen molar-refractivity contribution in [1.82, 2.24) is 20.4 Å². The van der Waals surface area contributed by atoms with Crippen molar-refractivity contribution in [1.29, 1.82) is 0 Å². The van der Waals surface area contributed by atoms with Gasteiger partial charge in [-0.05, 0) is 25.7 Å². The SMILES string of the molecule is CCOC(=O)NCCNC(=O)N1CCCC(CN2CCOCC2)C1. The van der Waals surface area contributed by atoms with Crippen LogP contribution in [0.25, 0.3) is 0 Å². The molecule has 0 spiro atoms. The normalized spacial score (nSPS) is 22.0. The number of carbonyl (C=O) groups is 2. The van der Waals surface area contributed by atoms with Crippen LogP contribution in [-0.2, 0) is 9.47 Å². The first kappa shape index (κ1) is 18.8. The van der Waals surface area contributed by atoms with E-state index in [1.807, 2.05) is 4.90 Å². The molecule has 0 aromatic carbocycles. The van der Waals surface area contributed by atoms with Crippen LogP contribution in [0.15, 0.2) is 0 Å². The van der Waals surface area contributed by atoms with E-state index in [1.165, 1.54) is 6.42 Å². The van der Waals surface area contributed by atoms with Gasteiger partial charge in [0, 0.05) is 45.8 Å². The highest BCUT2D eigenvalue weighted by Crippen LogP contribution is 2.18. The van der Waals surface area contributed by atoms with Crippen LogP contribution in [0.4, 0.5) is 9.59 Å². The van der Waals surface area contributed by atoms with Gasteiger partial charge in [0.05, 0.1) is 19.8 Å². The van der Waals surface area contributed by atoms with Gasteiger partial charge < -0.3 is 25.0 Å². The minimum atomic E-state index is -0.449. The highest BCUT2D eigenvalue weighted by molar-refractivity contribution is 5.74. The van der Waals surface area contributed by atoms with E-state index in [4.69, 9.17) is 9.47 Å². The van der Waals surface area contributed by atoms with Crippen molar-refractivity contribution < 1.29 is 19.1 Å². The lowest BCUT2D eigenvalue weighted by molar-refractivity contribution is 0.0249. The predicted molar refractivity (Wildman–Crippen MR) is 90.0 cm³/mol. The molecule has 0 aromatic rings. The first-order valence-corrected chi connectivity index (χ1v) is 8.92. The largest absolute Gasteiger partial charge is 0.450 e. The summed E-state index contributed by atoms with van der Waals surface area (Å²) in [6.45, 7) is 9.11. The lowest BCUT2D eigenvalue weighted by Crippen LogP contribution is -2.49. The molecule has 2 N–H and O–H groups in total. The first-order valence-electron chi connectivity index (χ1n) is 8.92. The van der Waals surface area contributed by atoms with Crippen LogP contribution in [0.2, 0.25) is 0 Å². The summed E-state index contributed by atoms with van der Waals surface area (Å²) in [6, 6.07) is -0.0488. The molecule has 2 rings (SSSR count). The van der Waals surface area contributed by atoms with Crippen molar-refractivity contribution in [3.05, 3.63) is 0 Å². The minimum Gasteiger partial charge on any atom is -0.450 e. The molecule has 0 saturated carbocycles. The maximum absolute atomic E-state index is 12.2. The summed E-state index contributed by atoms with van der Waals surface area (Å²) in [7, 11) is 0. The average Bonchev–Trinajstić information content (AvgIpc) is 2.60. The Kier molecular flexibility index (Phi) is 8.11. The Morgan fingerprint density at radius 2 is 1.92 bits per heavy atom. The number of urea groups is 1. The maximum atomic E-state index is 12.2. The van der Waals surface area contributed by atoms with Gasteiger partial charge in [0.25, 0.3) is 0 Å². The number of morpholine rings is 1. The van der Waals surface area contributed by atoms with Crippen LogP contribution in [-0.4, -0.2) is 87.6 Å². The van der Waals surface area contributed by atoms with E-state index in [2.05, 4.69) is 15.5 Å². The van der Waals surface area contributed by atoms with Gasteiger partial charge in [-0.1, -0.05) is 0 Å². The number of amides is 3. The molecule has 8 nitrogen and oxygen atoms in total. The molecule has 1 unspecified atom stereocenters. The number of ether oxygens (including phenoxy) is 2. The molecule has 2 fully saturated rings. The van der Waals surface area contributed by atoms with Crippen LogP contribution < -0.4 is 10.6 Å². The highest BCUT2D eigenvalue weighted by Gasteiger charge is 2.25. The number of nitrogens with one attached hydrogen (secondary N) is 2. The number of likely N-dealkylation sites (tertiary alicyclic amines) is 1. The van der Waals surface area contributed by atoms with Crippen LogP contribution in [0.3, 0.4) is 0 Å². The van der Waals surface area contributed by atoms with E-state index in [1.54, 1.807) is 6.92 Å². The summed E-state index contributed by atoms with van der Waals surface area (Å²) in [5, 5.41) is 5.45. The van der Waals surface area contributed by atoms with Crippen LogP contribution >= 0.6 is 0 Å². The van der Waals surface area contributed by atoms with Gasteiger partial charge in [0.15, 0.2) is 0 Å². The molecule has 0 bridgehead atoms. The Hall–Kier alpha value is -1.54. The average molecular weight is 342 g/mol. The van der Waals surface area contributed by atoms with E-state index >= 15 is 0 Å². The molecule has 2 aliphatic rings. The first-order chi connectivity index (χ1) is 11.7. The Morgan fingerprint density at radius 1 is 1.17 bits per heavy atom. The minimum absolute atomic E-state index is 0.0488. The van der Waals surface area contributed by atoms with E-state index in [0.29, 0.717) is 25.6 Å². The Morgan fingerprint density at radius 3 is 2.67 bits per heavy atom. The zero-order chi connectivity index (χ0) is 17.2. The maximum Gasteiger partial charge on any atom is 0.407 e. The monoisotopic (exact) mass is 342 g/mol. The fourth-order valence-corrected chi connectivity index (χ4v) is 3.18. The number of piperidine rings is 1.